The minimum atomic E-state index is -0.301. The Labute approximate surface area is 111 Å². The molecular formula is C13H9BrFN3. The van der Waals surface area contributed by atoms with Crippen molar-refractivity contribution in [2.75, 3.05) is 5.73 Å². The molecule has 0 spiro atoms. The number of benzene rings is 2. The molecule has 3 rings (SSSR count). The average Bonchev–Trinajstić information content (AvgIpc) is 2.75. The summed E-state index contributed by atoms with van der Waals surface area (Å²) in [5.41, 5.74) is 8.77. The monoisotopic (exact) mass is 305 g/mol. The summed E-state index contributed by atoms with van der Waals surface area (Å²) in [6.45, 7) is 0. The molecule has 0 bridgehead atoms. The summed E-state index contributed by atoms with van der Waals surface area (Å²) in [6, 6.07) is 10.4. The first-order valence-electron chi connectivity index (χ1n) is 5.33. The van der Waals surface area contributed by atoms with Gasteiger partial charge in [0.1, 0.15) is 12.1 Å². The third kappa shape index (κ3) is 1.76. The van der Waals surface area contributed by atoms with Crippen LogP contribution < -0.4 is 5.73 Å². The first-order chi connectivity index (χ1) is 8.65. The van der Waals surface area contributed by atoms with Crippen LogP contribution >= 0.6 is 15.9 Å². The first kappa shape index (κ1) is 11.2. The summed E-state index contributed by atoms with van der Waals surface area (Å²) in [4.78, 5) is 4.26. The van der Waals surface area contributed by atoms with Crippen LogP contribution in [0.1, 0.15) is 0 Å². The Hall–Kier alpha value is -1.88. The van der Waals surface area contributed by atoms with Gasteiger partial charge in [-0.05, 0) is 52.3 Å². The van der Waals surface area contributed by atoms with Gasteiger partial charge in [0.2, 0.25) is 0 Å². The summed E-state index contributed by atoms with van der Waals surface area (Å²) in [6.07, 6.45) is 1.66. The van der Waals surface area contributed by atoms with Gasteiger partial charge in [0.05, 0.1) is 21.2 Å². The van der Waals surface area contributed by atoms with Crippen LogP contribution in [0.15, 0.2) is 47.2 Å². The molecule has 1 heterocycles. The minimum absolute atomic E-state index is 0.301. The highest BCUT2D eigenvalue weighted by atomic mass is 79.9. The molecule has 0 saturated carbocycles. The maximum Gasteiger partial charge on any atom is 0.139 e. The number of fused-ring (bicyclic) bond motifs is 1. The molecule has 0 aliphatic carbocycles. The molecule has 0 amide bonds. The zero-order chi connectivity index (χ0) is 12.7. The predicted octanol–water partition coefficient (Wildman–Crippen LogP) is 3.51. The largest absolute Gasteiger partial charge is 0.399 e. The maximum absolute atomic E-state index is 13.5. The second-order valence-corrected chi connectivity index (χ2v) is 4.82. The van der Waals surface area contributed by atoms with Gasteiger partial charge in [0.15, 0.2) is 0 Å². The van der Waals surface area contributed by atoms with Crippen molar-refractivity contribution in [3.63, 3.8) is 0 Å². The molecule has 18 heavy (non-hydrogen) atoms. The van der Waals surface area contributed by atoms with Gasteiger partial charge in [-0.3, -0.25) is 4.57 Å². The normalized spacial score (nSPS) is 11.0. The van der Waals surface area contributed by atoms with E-state index < -0.39 is 0 Å². The van der Waals surface area contributed by atoms with Gasteiger partial charge in [-0.15, -0.1) is 0 Å². The molecule has 0 radical (unpaired) electrons. The predicted molar refractivity (Wildman–Crippen MR) is 73.1 cm³/mol. The van der Waals surface area contributed by atoms with Crippen molar-refractivity contribution >= 4 is 32.7 Å². The molecule has 0 unspecified atom stereocenters. The van der Waals surface area contributed by atoms with Crippen LogP contribution in [0, 0.1) is 5.82 Å². The Morgan fingerprint density at radius 1 is 1.17 bits per heavy atom. The zero-order valence-electron chi connectivity index (χ0n) is 9.27. The lowest BCUT2D eigenvalue weighted by atomic mass is 10.2. The number of nitrogens with two attached hydrogens (primary N) is 1. The van der Waals surface area contributed by atoms with Crippen molar-refractivity contribution in [3.05, 3.63) is 53.0 Å². The van der Waals surface area contributed by atoms with Crippen molar-refractivity contribution < 1.29 is 4.39 Å². The molecule has 2 N–H and O–H groups in total. The molecule has 90 valence electrons. The second kappa shape index (κ2) is 4.10. The fourth-order valence-corrected chi connectivity index (χ4v) is 2.12. The molecule has 1 aromatic heterocycles. The highest BCUT2D eigenvalue weighted by Gasteiger charge is 2.07. The number of aromatic nitrogens is 2. The fraction of sp³-hybridized carbons (Fsp3) is 0. The van der Waals surface area contributed by atoms with Gasteiger partial charge in [-0.2, -0.15) is 0 Å². The summed E-state index contributed by atoms with van der Waals surface area (Å²) < 4.78 is 15.8. The van der Waals surface area contributed by atoms with Crippen molar-refractivity contribution in [2.24, 2.45) is 0 Å². The van der Waals surface area contributed by atoms with Crippen LogP contribution in [0.2, 0.25) is 0 Å². The number of halogens is 2. The van der Waals surface area contributed by atoms with E-state index in [1.54, 1.807) is 24.5 Å². The Bertz CT molecular complexity index is 736. The Morgan fingerprint density at radius 3 is 2.78 bits per heavy atom. The smallest absolute Gasteiger partial charge is 0.139 e. The molecule has 0 atom stereocenters. The van der Waals surface area contributed by atoms with Crippen molar-refractivity contribution in [2.45, 2.75) is 0 Å². The number of rotatable bonds is 1. The summed E-state index contributed by atoms with van der Waals surface area (Å²) in [7, 11) is 0. The zero-order valence-corrected chi connectivity index (χ0v) is 10.9. The topological polar surface area (TPSA) is 43.8 Å². The fourth-order valence-electron chi connectivity index (χ4n) is 1.87. The number of hydrogen-bond acceptors (Lipinski definition) is 2. The third-order valence-electron chi connectivity index (χ3n) is 2.75. The van der Waals surface area contributed by atoms with Gasteiger partial charge in [0, 0.05) is 5.69 Å². The lowest BCUT2D eigenvalue weighted by molar-refractivity contribution is 0.620. The van der Waals surface area contributed by atoms with Gasteiger partial charge in [-0.1, -0.05) is 0 Å². The Morgan fingerprint density at radius 2 is 2.00 bits per heavy atom. The third-order valence-corrected chi connectivity index (χ3v) is 3.40. The highest BCUT2D eigenvalue weighted by molar-refractivity contribution is 9.10. The van der Waals surface area contributed by atoms with E-state index in [4.69, 9.17) is 5.73 Å². The number of nitrogen functional groups attached to an aromatic ring is 1. The molecule has 0 aliphatic heterocycles. The molecule has 2 aromatic carbocycles. The van der Waals surface area contributed by atoms with Crippen LogP contribution in [0.25, 0.3) is 16.7 Å². The van der Waals surface area contributed by atoms with E-state index in [9.17, 15) is 4.39 Å². The van der Waals surface area contributed by atoms with Crippen molar-refractivity contribution in [3.8, 4) is 5.69 Å². The Balaban J connectivity index is 2.22. The quantitative estimate of drug-likeness (QED) is 0.699. The SMILES string of the molecule is Nc1ccc2c(c1)ncn2-c1ccc(Br)c(F)c1. The van der Waals surface area contributed by atoms with E-state index in [0.717, 1.165) is 16.7 Å². The Kier molecular flexibility index (Phi) is 2.56. The molecule has 0 saturated heterocycles. The number of imidazole rings is 1. The van der Waals surface area contributed by atoms with E-state index in [2.05, 4.69) is 20.9 Å². The van der Waals surface area contributed by atoms with Crippen molar-refractivity contribution in [1.82, 2.24) is 9.55 Å². The number of hydrogen-bond donors (Lipinski definition) is 1. The standard InChI is InChI=1S/C13H9BrFN3/c14-10-3-2-9(6-11(10)15)18-7-17-12-5-8(16)1-4-13(12)18/h1-7H,16H2. The summed E-state index contributed by atoms with van der Waals surface area (Å²) in [5.74, 6) is -0.301. The molecule has 5 heteroatoms. The highest BCUT2D eigenvalue weighted by Crippen LogP contribution is 2.23. The second-order valence-electron chi connectivity index (χ2n) is 3.96. The van der Waals surface area contributed by atoms with Crippen LogP contribution in [-0.2, 0) is 0 Å². The molecule has 0 fully saturated rings. The lowest BCUT2D eigenvalue weighted by Gasteiger charge is -2.05. The molecule has 3 nitrogen and oxygen atoms in total. The van der Waals surface area contributed by atoms with Gasteiger partial charge < -0.3 is 5.73 Å². The van der Waals surface area contributed by atoms with Crippen molar-refractivity contribution in [1.29, 1.82) is 0 Å². The van der Waals surface area contributed by atoms with Crippen LogP contribution in [0.3, 0.4) is 0 Å². The van der Waals surface area contributed by atoms with Crippen LogP contribution in [0.5, 0.6) is 0 Å². The van der Waals surface area contributed by atoms with E-state index in [-0.39, 0.29) is 5.82 Å². The van der Waals surface area contributed by atoms with Gasteiger partial charge in [-0.25, -0.2) is 9.37 Å². The molecular weight excluding hydrogens is 297 g/mol. The van der Waals surface area contributed by atoms with E-state index in [1.165, 1.54) is 6.07 Å². The first-order valence-corrected chi connectivity index (χ1v) is 6.12. The van der Waals surface area contributed by atoms with E-state index >= 15 is 0 Å². The summed E-state index contributed by atoms with van der Waals surface area (Å²) in [5, 5.41) is 0. The van der Waals surface area contributed by atoms with E-state index in [0.29, 0.717) is 10.2 Å². The molecule has 3 aromatic rings. The summed E-state index contributed by atoms with van der Waals surface area (Å²) >= 11 is 3.14. The number of nitrogens with zero attached hydrogens (tertiary/aromatic N) is 2. The maximum atomic E-state index is 13.5. The minimum Gasteiger partial charge on any atom is -0.399 e. The van der Waals surface area contributed by atoms with Gasteiger partial charge >= 0.3 is 0 Å². The molecule has 0 aliphatic rings. The van der Waals surface area contributed by atoms with Crippen LogP contribution in [0.4, 0.5) is 10.1 Å². The lowest BCUT2D eigenvalue weighted by Crippen LogP contribution is -1.93. The van der Waals surface area contributed by atoms with Crippen LogP contribution in [-0.4, -0.2) is 9.55 Å². The average molecular weight is 306 g/mol. The number of anilines is 1. The van der Waals surface area contributed by atoms with Gasteiger partial charge in [0.25, 0.3) is 0 Å². The van der Waals surface area contributed by atoms with E-state index in [1.807, 2.05) is 16.7 Å².